The van der Waals surface area contributed by atoms with Crippen LogP contribution in [-0.4, -0.2) is 26.4 Å². The van der Waals surface area contributed by atoms with Gasteiger partial charge in [-0.25, -0.2) is 0 Å². The van der Waals surface area contributed by atoms with Crippen molar-refractivity contribution < 1.29 is 14.2 Å². The van der Waals surface area contributed by atoms with Gasteiger partial charge < -0.3 is 14.2 Å². The zero-order valence-electron chi connectivity index (χ0n) is 10.4. The quantitative estimate of drug-likeness (QED) is 0.544. The predicted molar refractivity (Wildman–Crippen MR) is 72.2 cm³/mol. The average molecular weight is 303 g/mol. The lowest BCUT2D eigenvalue weighted by atomic mass is 10.2. The first-order chi connectivity index (χ1) is 8.33. The first-order valence-electron chi connectivity index (χ1n) is 5.84. The van der Waals surface area contributed by atoms with Crippen molar-refractivity contribution in [3.05, 3.63) is 23.8 Å². The molecule has 1 aromatic rings. The van der Waals surface area contributed by atoms with E-state index in [1.54, 1.807) is 0 Å². The zero-order valence-corrected chi connectivity index (χ0v) is 12.0. The standard InChI is InChI=1S/C13H19BrO3/c1-3-15-8-9-17-13-11(10-14)6-5-7-12(13)16-4-2/h5-7H,3-4,8-10H2,1-2H3. The summed E-state index contributed by atoms with van der Waals surface area (Å²) in [5.74, 6) is 1.60. The van der Waals surface area contributed by atoms with Crippen LogP contribution >= 0.6 is 15.9 Å². The van der Waals surface area contributed by atoms with Crippen molar-refractivity contribution in [2.45, 2.75) is 19.2 Å². The van der Waals surface area contributed by atoms with Crippen LogP contribution in [-0.2, 0) is 10.1 Å². The Morgan fingerprint density at radius 2 is 1.88 bits per heavy atom. The summed E-state index contributed by atoms with van der Waals surface area (Å²) in [6, 6.07) is 5.91. The Morgan fingerprint density at radius 3 is 2.53 bits per heavy atom. The van der Waals surface area contributed by atoms with Gasteiger partial charge in [0, 0.05) is 17.5 Å². The highest BCUT2D eigenvalue weighted by Gasteiger charge is 2.09. The highest BCUT2D eigenvalue weighted by Crippen LogP contribution is 2.32. The first kappa shape index (κ1) is 14.3. The third-order valence-corrected chi connectivity index (χ3v) is 2.79. The van der Waals surface area contributed by atoms with Crippen molar-refractivity contribution in [2.75, 3.05) is 26.4 Å². The molecule has 0 aliphatic heterocycles. The number of hydrogen-bond acceptors (Lipinski definition) is 3. The monoisotopic (exact) mass is 302 g/mol. The highest BCUT2D eigenvalue weighted by molar-refractivity contribution is 9.08. The second kappa shape index (κ2) is 8.37. The van der Waals surface area contributed by atoms with Gasteiger partial charge in [-0.1, -0.05) is 28.1 Å². The van der Waals surface area contributed by atoms with Crippen molar-refractivity contribution in [3.8, 4) is 11.5 Å². The number of alkyl halides is 1. The maximum absolute atomic E-state index is 5.73. The number of ether oxygens (including phenoxy) is 3. The van der Waals surface area contributed by atoms with Gasteiger partial charge >= 0.3 is 0 Å². The summed E-state index contributed by atoms with van der Waals surface area (Å²) in [5.41, 5.74) is 1.09. The molecule has 0 saturated carbocycles. The Labute approximate surface area is 111 Å². The SMILES string of the molecule is CCOCCOc1c(CBr)cccc1OCC. The minimum Gasteiger partial charge on any atom is -0.490 e. The molecule has 96 valence electrons. The number of rotatable bonds is 8. The summed E-state index contributed by atoms with van der Waals surface area (Å²) < 4.78 is 16.5. The van der Waals surface area contributed by atoms with E-state index in [4.69, 9.17) is 14.2 Å². The third kappa shape index (κ3) is 4.56. The molecule has 4 heteroatoms. The molecule has 0 N–H and O–H groups in total. The summed E-state index contributed by atoms with van der Waals surface area (Å²) in [6.45, 7) is 6.41. The van der Waals surface area contributed by atoms with Crippen molar-refractivity contribution in [3.63, 3.8) is 0 Å². The Hall–Kier alpha value is -0.740. The van der Waals surface area contributed by atoms with Gasteiger partial charge in [0.1, 0.15) is 6.61 Å². The number of halogens is 1. The predicted octanol–water partition coefficient (Wildman–Crippen LogP) is 3.40. The molecule has 0 unspecified atom stereocenters. The highest BCUT2D eigenvalue weighted by atomic mass is 79.9. The molecule has 0 aliphatic carbocycles. The van der Waals surface area contributed by atoms with Crippen LogP contribution in [0.2, 0.25) is 0 Å². The molecule has 0 radical (unpaired) electrons. The fraction of sp³-hybridized carbons (Fsp3) is 0.538. The number of benzene rings is 1. The van der Waals surface area contributed by atoms with Crippen molar-refractivity contribution in [1.82, 2.24) is 0 Å². The Kier molecular flexibility index (Phi) is 7.05. The van der Waals surface area contributed by atoms with E-state index in [2.05, 4.69) is 15.9 Å². The minimum absolute atomic E-state index is 0.540. The fourth-order valence-electron chi connectivity index (χ4n) is 1.45. The van der Waals surface area contributed by atoms with Crippen LogP contribution in [0.5, 0.6) is 11.5 Å². The van der Waals surface area contributed by atoms with Crippen LogP contribution in [0.25, 0.3) is 0 Å². The van der Waals surface area contributed by atoms with Crippen LogP contribution in [0, 0.1) is 0 Å². The molecule has 0 fully saturated rings. The molecular formula is C13H19BrO3. The maximum atomic E-state index is 5.73. The van der Waals surface area contributed by atoms with Gasteiger partial charge in [-0.15, -0.1) is 0 Å². The summed E-state index contributed by atoms with van der Waals surface area (Å²) in [7, 11) is 0. The Morgan fingerprint density at radius 1 is 1.06 bits per heavy atom. The second-order valence-electron chi connectivity index (χ2n) is 3.36. The lowest BCUT2D eigenvalue weighted by Gasteiger charge is -2.14. The summed E-state index contributed by atoms with van der Waals surface area (Å²) in [6.07, 6.45) is 0. The van der Waals surface area contributed by atoms with Gasteiger partial charge in [0.15, 0.2) is 11.5 Å². The normalized spacial score (nSPS) is 10.3. The number of hydrogen-bond donors (Lipinski definition) is 0. The van der Waals surface area contributed by atoms with Crippen molar-refractivity contribution in [1.29, 1.82) is 0 Å². The molecule has 0 bridgehead atoms. The van der Waals surface area contributed by atoms with Gasteiger partial charge in [-0.05, 0) is 19.9 Å². The van der Waals surface area contributed by atoms with Gasteiger partial charge in [-0.3, -0.25) is 0 Å². The average Bonchev–Trinajstić information content (AvgIpc) is 2.36. The van der Waals surface area contributed by atoms with Crippen LogP contribution < -0.4 is 9.47 Å². The van der Waals surface area contributed by atoms with Crippen LogP contribution in [0.15, 0.2) is 18.2 Å². The molecule has 0 spiro atoms. The molecule has 0 saturated heterocycles. The van der Waals surface area contributed by atoms with E-state index >= 15 is 0 Å². The topological polar surface area (TPSA) is 27.7 Å². The van der Waals surface area contributed by atoms with E-state index < -0.39 is 0 Å². The molecule has 3 nitrogen and oxygen atoms in total. The molecule has 1 aromatic carbocycles. The van der Waals surface area contributed by atoms with Gasteiger partial charge in [0.2, 0.25) is 0 Å². The molecule has 17 heavy (non-hydrogen) atoms. The molecule has 0 aromatic heterocycles. The lowest BCUT2D eigenvalue weighted by molar-refractivity contribution is 0.108. The molecule has 0 atom stereocenters. The van der Waals surface area contributed by atoms with Crippen molar-refractivity contribution >= 4 is 15.9 Å². The van der Waals surface area contributed by atoms with Crippen LogP contribution in [0.3, 0.4) is 0 Å². The smallest absolute Gasteiger partial charge is 0.165 e. The largest absolute Gasteiger partial charge is 0.490 e. The zero-order chi connectivity index (χ0) is 12.5. The summed E-state index contributed by atoms with van der Waals surface area (Å²) in [5, 5.41) is 0.748. The molecular weight excluding hydrogens is 284 g/mol. The summed E-state index contributed by atoms with van der Waals surface area (Å²) >= 11 is 3.45. The first-order valence-corrected chi connectivity index (χ1v) is 6.96. The van der Waals surface area contributed by atoms with E-state index in [0.717, 1.165) is 22.4 Å². The maximum Gasteiger partial charge on any atom is 0.165 e. The van der Waals surface area contributed by atoms with Crippen LogP contribution in [0.1, 0.15) is 19.4 Å². The van der Waals surface area contributed by atoms with Crippen LogP contribution in [0.4, 0.5) is 0 Å². The van der Waals surface area contributed by atoms with Gasteiger partial charge in [-0.2, -0.15) is 0 Å². The van der Waals surface area contributed by atoms with Gasteiger partial charge in [0.05, 0.1) is 13.2 Å². The lowest BCUT2D eigenvalue weighted by Crippen LogP contribution is -2.08. The second-order valence-corrected chi connectivity index (χ2v) is 3.92. The van der Waals surface area contributed by atoms with E-state index in [9.17, 15) is 0 Å². The van der Waals surface area contributed by atoms with E-state index in [1.165, 1.54) is 0 Å². The Balaban J connectivity index is 2.70. The van der Waals surface area contributed by atoms with Gasteiger partial charge in [0.25, 0.3) is 0 Å². The molecule has 0 aliphatic rings. The summed E-state index contributed by atoms with van der Waals surface area (Å²) in [4.78, 5) is 0. The molecule has 1 rings (SSSR count). The molecule has 0 amide bonds. The Bertz CT molecular complexity index is 328. The van der Waals surface area contributed by atoms with E-state index in [1.807, 2.05) is 32.0 Å². The number of para-hydroxylation sites is 1. The third-order valence-electron chi connectivity index (χ3n) is 2.18. The van der Waals surface area contributed by atoms with Crippen molar-refractivity contribution in [2.24, 2.45) is 0 Å². The van der Waals surface area contributed by atoms with E-state index in [-0.39, 0.29) is 0 Å². The minimum atomic E-state index is 0.540. The van der Waals surface area contributed by atoms with E-state index in [0.29, 0.717) is 26.4 Å². The fourth-order valence-corrected chi connectivity index (χ4v) is 1.89. The molecule has 0 heterocycles.